The number of rotatable bonds is 5. The van der Waals surface area contributed by atoms with Crippen LogP contribution in [0.4, 0.5) is 12.9 Å². The molecule has 0 aliphatic heterocycles. The normalized spacial score (nSPS) is 12.2. The molecule has 0 saturated carbocycles. The monoisotopic (exact) mass is 287 g/mol. The Morgan fingerprint density at radius 3 is 2.30 bits per heavy atom. The van der Waals surface area contributed by atoms with Crippen molar-refractivity contribution >= 4 is 6.98 Å². The molecular weight excluding hydrogens is 268 g/mol. The summed E-state index contributed by atoms with van der Waals surface area (Å²) in [5, 5.41) is 0. The maximum absolute atomic E-state index is 12.5. The van der Waals surface area contributed by atoms with Crippen molar-refractivity contribution in [3.8, 4) is 11.5 Å². The first-order valence-corrected chi connectivity index (χ1v) is 6.24. The molecule has 0 saturated heterocycles. The van der Waals surface area contributed by atoms with Gasteiger partial charge < -0.3 is 22.4 Å². The van der Waals surface area contributed by atoms with Gasteiger partial charge in [0.05, 0.1) is 13.7 Å². The van der Waals surface area contributed by atoms with Crippen molar-refractivity contribution in [1.82, 2.24) is 0 Å². The summed E-state index contributed by atoms with van der Waals surface area (Å²) in [6, 6.07) is 5.05. The van der Waals surface area contributed by atoms with Gasteiger partial charge in [-0.3, -0.25) is 0 Å². The van der Waals surface area contributed by atoms with Crippen LogP contribution in [0.5, 0.6) is 11.5 Å². The van der Waals surface area contributed by atoms with Gasteiger partial charge in [-0.25, -0.2) is 0 Å². The first kappa shape index (κ1) is 16.5. The van der Waals surface area contributed by atoms with E-state index in [1.165, 1.54) is 7.11 Å². The first-order chi connectivity index (χ1) is 9.05. The minimum absolute atomic E-state index is 0.269. The first-order valence-electron chi connectivity index (χ1n) is 6.24. The number of ether oxygens (including phenoxy) is 2. The summed E-state index contributed by atoms with van der Waals surface area (Å²) in [5.41, 5.74) is -0.325. The Balaban J connectivity index is 2.98. The Hall–Kier alpha value is -1.59. The van der Waals surface area contributed by atoms with E-state index in [9.17, 15) is 12.9 Å². The number of methoxy groups -OCH3 is 1. The van der Waals surface area contributed by atoms with Gasteiger partial charge in [-0.15, -0.1) is 12.1 Å². The molecule has 20 heavy (non-hydrogen) atoms. The van der Waals surface area contributed by atoms with E-state index < -0.39 is 19.1 Å². The molecule has 0 atom stereocenters. The molecule has 6 heteroatoms. The number of halogens is 3. The zero-order valence-electron chi connectivity index (χ0n) is 12.2. The Morgan fingerprint density at radius 2 is 1.85 bits per heavy atom. The van der Waals surface area contributed by atoms with Crippen LogP contribution in [-0.2, 0) is 5.41 Å². The maximum Gasteiger partial charge on any atom is 0.508 e. The molecule has 0 N–H and O–H groups in total. The lowest BCUT2D eigenvalue weighted by atomic mass is 9.81. The lowest BCUT2D eigenvalue weighted by Crippen LogP contribution is -2.24. The van der Waals surface area contributed by atoms with Crippen LogP contribution in [0.1, 0.15) is 26.3 Å². The van der Waals surface area contributed by atoms with Crippen LogP contribution in [0.25, 0.3) is 0 Å². The molecule has 0 radical (unpaired) electrons. The molecule has 112 valence electrons. The molecule has 0 aliphatic carbocycles. The second kappa shape index (κ2) is 5.81. The molecule has 0 unspecified atom stereocenters. The van der Waals surface area contributed by atoms with Crippen molar-refractivity contribution in [2.75, 3.05) is 13.7 Å². The summed E-state index contributed by atoms with van der Waals surface area (Å²) in [6.07, 6.45) is 0. The molecule has 0 heterocycles. The number of hydrogen-bond donors (Lipinski definition) is 0. The summed E-state index contributed by atoms with van der Waals surface area (Å²) in [6.45, 7) is 3.26. The molecule has 0 aromatic heterocycles. The SMILES string of the molecule is C=C(COc1ccc(OC)cc1C(C)(C)C)[B-](F)(F)F. The van der Waals surface area contributed by atoms with E-state index in [0.717, 1.165) is 5.56 Å². The standard InChI is InChI=1S/C14H19BF3O2/c1-10(15(16,17)18)9-20-13-7-6-11(19-5)8-12(13)14(2,3)4/h6-8H,1,9H2,2-5H3/q-1. The van der Waals surface area contributed by atoms with E-state index in [2.05, 4.69) is 6.58 Å². The van der Waals surface area contributed by atoms with Gasteiger partial charge in [-0.1, -0.05) is 20.8 Å². The minimum Gasteiger partial charge on any atom is -0.497 e. The maximum atomic E-state index is 12.5. The highest BCUT2D eigenvalue weighted by Crippen LogP contribution is 2.34. The van der Waals surface area contributed by atoms with Crippen molar-refractivity contribution in [3.05, 3.63) is 35.8 Å². The fourth-order valence-corrected chi connectivity index (χ4v) is 1.61. The predicted octanol–water partition coefficient (Wildman–Crippen LogP) is 4.31. The smallest absolute Gasteiger partial charge is 0.497 e. The average Bonchev–Trinajstić information content (AvgIpc) is 2.33. The number of benzene rings is 1. The fourth-order valence-electron chi connectivity index (χ4n) is 1.61. The van der Waals surface area contributed by atoms with Crippen LogP contribution in [0.3, 0.4) is 0 Å². The van der Waals surface area contributed by atoms with Gasteiger partial charge in [0.25, 0.3) is 0 Å². The van der Waals surface area contributed by atoms with Gasteiger partial charge in [0.15, 0.2) is 0 Å². The van der Waals surface area contributed by atoms with E-state index >= 15 is 0 Å². The van der Waals surface area contributed by atoms with Gasteiger partial charge in [-0.05, 0) is 23.6 Å². The van der Waals surface area contributed by atoms with Gasteiger partial charge in [0.2, 0.25) is 0 Å². The Labute approximate surface area is 117 Å². The second-order valence-electron chi connectivity index (χ2n) is 5.63. The summed E-state index contributed by atoms with van der Waals surface area (Å²) in [4.78, 5) is 0. The second-order valence-corrected chi connectivity index (χ2v) is 5.63. The Bertz CT molecular complexity index is 490. The molecular formula is C14H19BF3O2-. The third-order valence-corrected chi connectivity index (χ3v) is 2.87. The quantitative estimate of drug-likeness (QED) is 0.751. The van der Waals surface area contributed by atoms with Crippen LogP contribution in [0.15, 0.2) is 30.3 Å². The summed E-state index contributed by atoms with van der Waals surface area (Å²) < 4.78 is 47.8. The molecule has 0 amide bonds. The average molecular weight is 287 g/mol. The Morgan fingerprint density at radius 1 is 1.25 bits per heavy atom. The number of hydrogen-bond acceptors (Lipinski definition) is 2. The zero-order valence-corrected chi connectivity index (χ0v) is 12.2. The third kappa shape index (κ3) is 4.22. The highest BCUT2D eigenvalue weighted by Gasteiger charge is 2.27. The summed E-state index contributed by atoms with van der Waals surface area (Å²) >= 11 is 0. The van der Waals surface area contributed by atoms with E-state index in [-0.39, 0.29) is 5.41 Å². The third-order valence-electron chi connectivity index (χ3n) is 2.87. The Kier molecular flexibility index (Phi) is 4.79. The van der Waals surface area contributed by atoms with Crippen LogP contribution in [0, 0.1) is 0 Å². The highest BCUT2D eigenvalue weighted by atomic mass is 19.4. The minimum atomic E-state index is -5.07. The van der Waals surface area contributed by atoms with Crippen LogP contribution < -0.4 is 9.47 Å². The van der Waals surface area contributed by atoms with Crippen molar-refractivity contribution in [2.24, 2.45) is 0 Å². The van der Waals surface area contributed by atoms with Crippen molar-refractivity contribution < 1.29 is 22.4 Å². The van der Waals surface area contributed by atoms with E-state index in [4.69, 9.17) is 9.47 Å². The van der Waals surface area contributed by atoms with Gasteiger partial charge in [0.1, 0.15) is 11.5 Å². The van der Waals surface area contributed by atoms with E-state index in [0.29, 0.717) is 11.5 Å². The van der Waals surface area contributed by atoms with Crippen molar-refractivity contribution in [3.63, 3.8) is 0 Å². The van der Waals surface area contributed by atoms with Gasteiger partial charge >= 0.3 is 6.98 Å². The van der Waals surface area contributed by atoms with Gasteiger partial charge in [0, 0.05) is 5.56 Å². The molecule has 1 aromatic rings. The van der Waals surface area contributed by atoms with Crippen LogP contribution in [-0.4, -0.2) is 20.7 Å². The summed E-state index contributed by atoms with van der Waals surface area (Å²) in [7, 11) is 1.54. The lowest BCUT2D eigenvalue weighted by Gasteiger charge is -2.25. The van der Waals surface area contributed by atoms with Crippen molar-refractivity contribution in [2.45, 2.75) is 26.2 Å². The predicted molar refractivity (Wildman–Crippen MR) is 75.4 cm³/mol. The fraction of sp³-hybridized carbons (Fsp3) is 0.429. The van der Waals surface area contributed by atoms with Gasteiger partial charge in [-0.2, -0.15) is 0 Å². The topological polar surface area (TPSA) is 18.5 Å². The van der Waals surface area contributed by atoms with Crippen molar-refractivity contribution in [1.29, 1.82) is 0 Å². The lowest BCUT2D eigenvalue weighted by molar-refractivity contribution is 0.334. The van der Waals surface area contributed by atoms with E-state index in [1.807, 2.05) is 20.8 Å². The highest BCUT2D eigenvalue weighted by molar-refractivity contribution is 6.66. The van der Waals surface area contributed by atoms with E-state index in [1.54, 1.807) is 18.2 Å². The molecule has 2 nitrogen and oxygen atoms in total. The molecule has 0 bridgehead atoms. The molecule has 0 spiro atoms. The largest absolute Gasteiger partial charge is 0.508 e. The molecule has 0 fully saturated rings. The van der Waals surface area contributed by atoms with Crippen LogP contribution >= 0.6 is 0 Å². The molecule has 0 aliphatic rings. The molecule has 1 rings (SSSR count). The molecule has 1 aromatic carbocycles. The zero-order chi connectivity index (χ0) is 15.6. The van der Waals surface area contributed by atoms with Crippen LogP contribution in [0.2, 0.25) is 0 Å². The summed E-state index contributed by atoms with van der Waals surface area (Å²) in [5.74, 6) is 1.06.